The summed E-state index contributed by atoms with van der Waals surface area (Å²) in [4.78, 5) is 37.9. The maximum atomic E-state index is 13.2. The number of aliphatic hydroxyl groups is 1. The molecule has 2 amide bonds. The van der Waals surface area contributed by atoms with Gasteiger partial charge in [0.2, 0.25) is 0 Å². The first-order valence-corrected chi connectivity index (χ1v) is 9.58. The number of carbonyl (C=O) groups excluding carboxylic acids is 2. The summed E-state index contributed by atoms with van der Waals surface area (Å²) < 4.78 is 38.5. The van der Waals surface area contributed by atoms with E-state index < -0.39 is 47.4 Å². The van der Waals surface area contributed by atoms with Gasteiger partial charge in [0.1, 0.15) is 17.9 Å². The molecule has 1 aromatic rings. The molecule has 1 fully saturated rings. The largest absolute Gasteiger partial charge is 0.507 e. The molecule has 2 atom stereocenters. The molecule has 1 aliphatic carbocycles. The van der Waals surface area contributed by atoms with Crippen LogP contribution in [0.1, 0.15) is 30.4 Å². The number of amides is 2. The predicted molar refractivity (Wildman–Crippen MR) is 103 cm³/mol. The molecule has 7 nitrogen and oxygen atoms in total. The van der Waals surface area contributed by atoms with Gasteiger partial charge < -0.3 is 20.4 Å². The van der Waals surface area contributed by atoms with Gasteiger partial charge in [0, 0.05) is 12.6 Å². The average molecular weight is 438 g/mol. The molecule has 2 bridgehead atoms. The van der Waals surface area contributed by atoms with E-state index in [1.54, 1.807) is 0 Å². The lowest BCUT2D eigenvalue weighted by Gasteiger charge is -2.32. The Balaban J connectivity index is 1.93. The Hall–Kier alpha value is -3.30. The first kappa shape index (κ1) is 22.4. The van der Waals surface area contributed by atoms with E-state index >= 15 is 0 Å². The third-order valence-corrected chi connectivity index (χ3v) is 5.62. The average Bonchev–Trinajstić information content (AvgIpc) is 3.19. The molecule has 31 heavy (non-hydrogen) atoms. The van der Waals surface area contributed by atoms with Gasteiger partial charge in [0.05, 0.1) is 5.56 Å². The van der Waals surface area contributed by atoms with Crippen LogP contribution in [0.4, 0.5) is 13.2 Å². The summed E-state index contributed by atoms with van der Waals surface area (Å²) in [5, 5.41) is 21.4. The molecule has 10 heteroatoms. The topological polar surface area (TPSA) is 107 Å². The standard InChI is InChI=1S/C21H21F3N2O5/c1-11-13-4-7-15(8-13)26(10-12-2-5-14(6-3-12)21(22,23)24)20(31)17(18(11)29)19(30)25-9-16(27)28/h2-3,5-6,13,15,29H,1,4,7-10H2,(H,25,30)(H,27,28)/b18-17+. The van der Waals surface area contributed by atoms with Crippen molar-refractivity contribution in [3.05, 3.63) is 58.9 Å². The van der Waals surface area contributed by atoms with Gasteiger partial charge in [-0.25, -0.2) is 0 Å². The molecule has 0 saturated heterocycles. The molecule has 0 aromatic heterocycles. The van der Waals surface area contributed by atoms with Crippen LogP contribution in [0.3, 0.4) is 0 Å². The molecule has 1 saturated carbocycles. The van der Waals surface area contributed by atoms with E-state index in [0.717, 1.165) is 12.1 Å². The number of allylic oxidation sites excluding steroid dienone is 1. The van der Waals surface area contributed by atoms with Crippen LogP contribution in [0.25, 0.3) is 0 Å². The highest BCUT2D eigenvalue weighted by molar-refractivity contribution is 6.19. The number of halogens is 3. The van der Waals surface area contributed by atoms with E-state index in [4.69, 9.17) is 5.11 Å². The SMILES string of the molecule is C=C1/C(O)=C(/C(=O)NCC(=O)O)C(=O)N(Cc2ccc(C(F)(F)F)cc2)C2CCC1C2. The van der Waals surface area contributed by atoms with Crippen molar-refractivity contribution < 1.29 is 37.8 Å². The Labute approximate surface area is 175 Å². The summed E-state index contributed by atoms with van der Waals surface area (Å²) in [5.74, 6) is -3.96. The molecule has 1 aliphatic heterocycles. The first-order chi connectivity index (χ1) is 14.5. The quantitative estimate of drug-likeness (QED) is 0.613. The van der Waals surface area contributed by atoms with Gasteiger partial charge in [0.15, 0.2) is 0 Å². The molecule has 1 heterocycles. The fourth-order valence-electron chi connectivity index (χ4n) is 3.97. The highest BCUT2D eigenvalue weighted by Crippen LogP contribution is 2.40. The number of rotatable bonds is 5. The third-order valence-electron chi connectivity index (χ3n) is 5.62. The zero-order chi connectivity index (χ0) is 22.9. The molecule has 0 radical (unpaired) electrons. The highest BCUT2D eigenvalue weighted by atomic mass is 19.4. The van der Waals surface area contributed by atoms with Crippen molar-refractivity contribution in [2.45, 2.75) is 38.0 Å². The Bertz CT molecular complexity index is 953. The van der Waals surface area contributed by atoms with Crippen molar-refractivity contribution in [2.75, 3.05) is 6.54 Å². The molecular weight excluding hydrogens is 417 g/mol. The van der Waals surface area contributed by atoms with Crippen LogP contribution in [-0.2, 0) is 27.1 Å². The number of carboxylic acid groups (broad SMARTS) is 1. The third kappa shape index (κ3) is 4.73. The van der Waals surface area contributed by atoms with Crippen molar-refractivity contribution in [2.24, 2.45) is 5.92 Å². The van der Waals surface area contributed by atoms with Gasteiger partial charge in [-0.05, 0) is 48.4 Å². The first-order valence-electron chi connectivity index (χ1n) is 9.58. The van der Waals surface area contributed by atoms with E-state index in [2.05, 4.69) is 11.9 Å². The second kappa shape index (κ2) is 8.44. The number of hydrogen-bond donors (Lipinski definition) is 3. The number of hydrogen-bond acceptors (Lipinski definition) is 4. The molecule has 3 N–H and O–H groups in total. The molecule has 2 unspecified atom stereocenters. The number of aliphatic carboxylic acids is 1. The second-order valence-electron chi connectivity index (χ2n) is 7.62. The molecular formula is C21H21F3N2O5. The smallest absolute Gasteiger partial charge is 0.416 e. The summed E-state index contributed by atoms with van der Waals surface area (Å²) >= 11 is 0. The number of fused-ring (bicyclic) bond motifs is 2. The van der Waals surface area contributed by atoms with E-state index in [9.17, 15) is 32.7 Å². The lowest BCUT2D eigenvalue weighted by molar-refractivity contribution is -0.139. The number of carboxylic acids is 1. The minimum Gasteiger partial charge on any atom is -0.507 e. The Morgan fingerprint density at radius 2 is 1.84 bits per heavy atom. The maximum Gasteiger partial charge on any atom is 0.416 e. The zero-order valence-electron chi connectivity index (χ0n) is 16.4. The zero-order valence-corrected chi connectivity index (χ0v) is 16.4. The monoisotopic (exact) mass is 438 g/mol. The maximum absolute atomic E-state index is 13.2. The molecule has 166 valence electrons. The van der Waals surface area contributed by atoms with Crippen molar-refractivity contribution in [1.82, 2.24) is 10.2 Å². The van der Waals surface area contributed by atoms with Crippen LogP contribution < -0.4 is 5.32 Å². The number of aliphatic hydroxyl groups excluding tert-OH is 1. The number of nitrogens with one attached hydrogen (secondary N) is 1. The lowest BCUT2D eigenvalue weighted by atomic mass is 9.92. The summed E-state index contributed by atoms with van der Waals surface area (Å²) in [6.07, 6.45) is -2.79. The summed E-state index contributed by atoms with van der Waals surface area (Å²) in [5.41, 5.74) is -0.770. The minimum absolute atomic E-state index is 0.0657. The van der Waals surface area contributed by atoms with Crippen LogP contribution >= 0.6 is 0 Å². The van der Waals surface area contributed by atoms with E-state index in [-0.39, 0.29) is 24.1 Å². The fourth-order valence-corrected chi connectivity index (χ4v) is 3.97. The van der Waals surface area contributed by atoms with Gasteiger partial charge in [0.25, 0.3) is 11.8 Å². The van der Waals surface area contributed by atoms with Gasteiger partial charge in [-0.1, -0.05) is 18.7 Å². The Morgan fingerprint density at radius 1 is 1.19 bits per heavy atom. The lowest BCUT2D eigenvalue weighted by Crippen LogP contribution is -2.45. The van der Waals surface area contributed by atoms with Crippen molar-refractivity contribution in [1.29, 1.82) is 0 Å². The highest BCUT2D eigenvalue weighted by Gasteiger charge is 2.41. The van der Waals surface area contributed by atoms with E-state index in [1.807, 2.05) is 0 Å². The summed E-state index contributed by atoms with van der Waals surface area (Å²) in [6, 6.07) is 4.04. The van der Waals surface area contributed by atoms with Gasteiger partial charge in [-0.15, -0.1) is 0 Å². The van der Waals surface area contributed by atoms with Gasteiger partial charge in [-0.3, -0.25) is 14.4 Å². The molecule has 3 rings (SSSR count). The molecule has 0 spiro atoms. The van der Waals surface area contributed by atoms with Crippen molar-refractivity contribution in [3.8, 4) is 0 Å². The van der Waals surface area contributed by atoms with Crippen LogP contribution in [0.15, 0.2) is 47.7 Å². The number of nitrogens with zero attached hydrogens (tertiary/aromatic N) is 1. The molecule has 1 aromatic carbocycles. The van der Waals surface area contributed by atoms with Gasteiger partial charge in [-0.2, -0.15) is 13.2 Å². The normalized spacial score (nSPS) is 24.0. The summed E-state index contributed by atoms with van der Waals surface area (Å²) in [6.45, 7) is 2.98. The van der Waals surface area contributed by atoms with Crippen LogP contribution in [0.5, 0.6) is 0 Å². The fraction of sp³-hybridized carbons (Fsp3) is 0.381. The minimum atomic E-state index is -4.49. The number of carbonyl (C=O) groups is 3. The van der Waals surface area contributed by atoms with Crippen LogP contribution in [0.2, 0.25) is 0 Å². The number of alkyl halides is 3. The van der Waals surface area contributed by atoms with E-state index in [1.165, 1.54) is 17.0 Å². The predicted octanol–water partition coefficient (Wildman–Crippen LogP) is 2.79. The van der Waals surface area contributed by atoms with Gasteiger partial charge >= 0.3 is 12.1 Å². The Kier molecular flexibility index (Phi) is 6.10. The summed E-state index contributed by atoms with van der Waals surface area (Å²) in [7, 11) is 0. The van der Waals surface area contributed by atoms with E-state index in [0.29, 0.717) is 24.8 Å². The van der Waals surface area contributed by atoms with Crippen LogP contribution in [-0.4, -0.2) is 45.5 Å². The number of benzene rings is 1. The molecule has 2 aliphatic rings. The second-order valence-corrected chi connectivity index (χ2v) is 7.62. The van der Waals surface area contributed by atoms with Crippen molar-refractivity contribution >= 4 is 17.8 Å². The van der Waals surface area contributed by atoms with Crippen molar-refractivity contribution in [3.63, 3.8) is 0 Å². The Morgan fingerprint density at radius 3 is 2.42 bits per heavy atom. The van der Waals surface area contributed by atoms with Crippen LogP contribution in [0, 0.1) is 5.92 Å².